The van der Waals surface area contributed by atoms with Crippen molar-refractivity contribution in [2.75, 3.05) is 13.1 Å². The largest absolute Gasteiger partial charge is 0.297 e. The highest BCUT2D eigenvalue weighted by atomic mass is 32.2. The zero-order valence-corrected chi connectivity index (χ0v) is 16.3. The summed E-state index contributed by atoms with van der Waals surface area (Å²) >= 11 is 0. The molecule has 2 aromatic rings. The fourth-order valence-electron chi connectivity index (χ4n) is 2.79. The van der Waals surface area contributed by atoms with Crippen molar-refractivity contribution in [1.29, 1.82) is 0 Å². The highest BCUT2D eigenvalue weighted by Gasteiger charge is 2.35. The van der Waals surface area contributed by atoms with Crippen molar-refractivity contribution in [2.24, 2.45) is 0 Å². The van der Waals surface area contributed by atoms with Gasteiger partial charge in [-0.05, 0) is 44.5 Å². The molecule has 6 nitrogen and oxygen atoms in total. The Labute approximate surface area is 154 Å². The Kier molecular flexibility index (Phi) is 5.21. The first-order valence-corrected chi connectivity index (χ1v) is 11.1. The van der Waals surface area contributed by atoms with Crippen LogP contribution >= 0.6 is 0 Å². The summed E-state index contributed by atoms with van der Waals surface area (Å²) in [7, 11) is -7.58. The molecule has 1 aliphatic heterocycles. The van der Waals surface area contributed by atoms with Gasteiger partial charge >= 0.3 is 0 Å². The molecule has 0 bridgehead atoms. The van der Waals surface area contributed by atoms with Crippen LogP contribution in [0.5, 0.6) is 0 Å². The Morgan fingerprint density at radius 3 is 1.88 bits per heavy atom. The third-order valence-electron chi connectivity index (χ3n) is 4.34. The second-order valence-corrected chi connectivity index (χ2v) is 9.96. The lowest BCUT2D eigenvalue weighted by atomic mass is 10.2. The normalized spacial score (nSPS) is 18.9. The van der Waals surface area contributed by atoms with Gasteiger partial charge in [0.15, 0.2) is 0 Å². The SMILES string of the molecule is Cc1ccc(S(=O)(=O)O[C@@H]2CCN(S(=O)(=O)c3ccc(C)cc3)C2)cc1. The van der Waals surface area contributed by atoms with Gasteiger partial charge in [0.2, 0.25) is 10.0 Å². The number of sulfonamides is 1. The molecular formula is C18H21NO5S2. The smallest absolute Gasteiger partial charge is 0.262 e. The van der Waals surface area contributed by atoms with E-state index in [9.17, 15) is 16.8 Å². The Balaban J connectivity index is 1.72. The molecule has 0 aromatic heterocycles. The van der Waals surface area contributed by atoms with E-state index in [2.05, 4.69) is 0 Å². The van der Waals surface area contributed by atoms with Crippen LogP contribution in [0.15, 0.2) is 58.3 Å². The summed E-state index contributed by atoms with van der Waals surface area (Å²) in [5.74, 6) is 0. The maximum atomic E-state index is 12.7. The molecular weight excluding hydrogens is 374 g/mol. The topological polar surface area (TPSA) is 80.8 Å². The molecule has 1 fully saturated rings. The molecule has 0 N–H and O–H groups in total. The van der Waals surface area contributed by atoms with Crippen LogP contribution in [-0.4, -0.2) is 40.3 Å². The van der Waals surface area contributed by atoms with Crippen molar-refractivity contribution < 1.29 is 21.0 Å². The summed E-state index contributed by atoms with van der Waals surface area (Å²) < 4.78 is 56.7. The van der Waals surface area contributed by atoms with Crippen molar-refractivity contribution in [3.05, 3.63) is 59.7 Å². The van der Waals surface area contributed by atoms with Crippen LogP contribution in [0.2, 0.25) is 0 Å². The summed E-state index contributed by atoms with van der Waals surface area (Å²) in [6, 6.07) is 12.9. The lowest BCUT2D eigenvalue weighted by molar-refractivity contribution is 0.222. The molecule has 0 radical (unpaired) electrons. The molecule has 3 rings (SSSR count). The Morgan fingerprint density at radius 1 is 0.846 bits per heavy atom. The van der Waals surface area contributed by atoms with Gasteiger partial charge in [-0.15, -0.1) is 0 Å². The van der Waals surface area contributed by atoms with E-state index in [1.807, 2.05) is 13.8 Å². The molecule has 2 aromatic carbocycles. The Morgan fingerprint density at radius 2 is 1.35 bits per heavy atom. The first-order chi connectivity index (χ1) is 12.2. The van der Waals surface area contributed by atoms with E-state index in [-0.39, 0.29) is 22.9 Å². The van der Waals surface area contributed by atoms with Crippen LogP contribution in [0.3, 0.4) is 0 Å². The van der Waals surface area contributed by atoms with E-state index in [1.54, 1.807) is 36.4 Å². The van der Waals surface area contributed by atoms with Crippen molar-refractivity contribution in [1.82, 2.24) is 4.31 Å². The molecule has 140 valence electrons. The Bertz CT molecular complexity index is 981. The average molecular weight is 396 g/mol. The van der Waals surface area contributed by atoms with Gasteiger partial charge in [-0.2, -0.15) is 12.7 Å². The molecule has 0 saturated carbocycles. The third-order valence-corrected chi connectivity index (χ3v) is 7.59. The summed E-state index contributed by atoms with van der Waals surface area (Å²) in [6.07, 6.45) is -0.363. The van der Waals surface area contributed by atoms with Crippen LogP contribution in [0.4, 0.5) is 0 Å². The van der Waals surface area contributed by atoms with E-state index in [1.165, 1.54) is 16.4 Å². The molecule has 0 amide bonds. The second-order valence-electron chi connectivity index (χ2n) is 6.45. The van der Waals surface area contributed by atoms with Gasteiger partial charge in [-0.3, -0.25) is 4.18 Å². The number of rotatable bonds is 5. The minimum Gasteiger partial charge on any atom is -0.262 e. The number of benzene rings is 2. The monoisotopic (exact) mass is 395 g/mol. The summed E-state index contributed by atoms with van der Waals surface area (Å²) in [4.78, 5) is 0.271. The maximum absolute atomic E-state index is 12.7. The van der Waals surface area contributed by atoms with Gasteiger partial charge in [-0.25, -0.2) is 8.42 Å². The van der Waals surface area contributed by atoms with Gasteiger partial charge in [-0.1, -0.05) is 35.4 Å². The number of hydrogen-bond donors (Lipinski definition) is 0. The molecule has 0 unspecified atom stereocenters. The van der Waals surface area contributed by atoms with Crippen molar-refractivity contribution >= 4 is 20.1 Å². The van der Waals surface area contributed by atoms with Crippen LogP contribution < -0.4 is 0 Å². The summed E-state index contributed by atoms with van der Waals surface area (Å²) in [5, 5.41) is 0. The average Bonchev–Trinajstić information content (AvgIpc) is 3.04. The predicted octanol–water partition coefficient (Wildman–Crippen LogP) is 2.47. The van der Waals surface area contributed by atoms with Gasteiger partial charge in [0.05, 0.1) is 15.9 Å². The fraction of sp³-hybridized carbons (Fsp3) is 0.333. The van der Waals surface area contributed by atoms with E-state index < -0.39 is 26.2 Å². The molecule has 8 heteroatoms. The van der Waals surface area contributed by atoms with Gasteiger partial charge in [0.25, 0.3) is 10.1 Å². The minimum absolute atomic E-state index is 0.0152. The molecule has 0 spiro atoms. The highest BCUT2D eigenvalue weighted by Crippen LogP contribution is 2.25. The van der Waals surface area contributed by atoms with Crippen molar-refractivity contribution in [2.45, 2.75) is 36.2 Å². The summed E-state index contributed by atoms with van der Waals surface area (Å²) in [5.41, 5.74) is 1.91. The van der Waals surface area contributed by atoms with Crippen molar-refractivity contribution in [3.8, 4) is 0 Å². The zero-order valence-electron chi connectivity index (χ0n) is 14.6. The molecule has 1 saturated heterocycles. The second kappa shape index (κ2) is 7.11. The molecule has 1 aliphatic rings. The van der Waals surface area contributed by atoms with Crippen LogP contribution in [-0.2, 0) is 24.3 Å². The van der Waals surface area contributed by atoms with E-state index in [0.717, 1.165) is 11.1 Å². The first-order valence-electron chi connectivity index (χ1n) is 8.25. The Hall–Kier alpha value is -1.74. The number of aryl methyl sites for hydroxylation is 2. The standard InChI is InChI=1S/C18H21NO5S2/c1-14-3-7-17(8-4-14)25(20,21)19-12-11-16(13-19)24-26(22,23)18-9-5-15(2)6-10-18/h3-10,16H,11-13H2,1-2H3/t16-/m1/s1. The van der Waals surface area contributed by atoms with Gasteiger partial charge in [0.1, 0.15) is 0 Å². The fourth-order valence-corrected chi connectivity index (χ4v) is 5.38. The number of hydrogen-bond acceptors (Lipinski definition) is 5. The van der Waals surface area contributed by atoms with Gasteiger partial charge in [0, 0.05) is 13.1 Å². The van der Waals surface area contributed by atoms with Crippen LogP contribution in [0, 0.1) is 13.8 Å². The lowest BCUT2D eigenvalue weighted by Gasteiger charge is -2.17. The first kappa shape index (κ1) is 19.0. The van der Waals surface area contributed by atoms with E-state index >= 15 is 0 Å². The maximum Gasteiger partial charge on any atom is 0.297 e. The van der Waals surface area contributed by atoms with Crippen LogP contribution in [0.25, 0.3) is 0 Å². The van der Waals surface area contributed by atoms with E-state index in [0.29, 0.717) is 6.42 Å². The molecule has 0 aliphatic carbocycles. The molecule has 1 atom stereocenters. The predicted molar refractivity (Wildman–Crippen MR) is 97.8 cm³/mol. The molecule has 26 heavy (non-hydrogen) atoms. The summed E-state index contributed by atoms with van der Waals surface area (Å²) in [6.45, 7) is 3.99. The highest BCUT2D eigenvalue weighted by molar-refractivity contribution is 7.89. The molecule has 1 heterocycles. The number of nitrogens with zero attached hydrogens (tertiary/aromatic N) is 1. The third kappa shape index (κ3) is 3.98. The van der Waals surface area contributed by atoms with E-state index in [4.69, 9.17) is 4.18 Å². The van der Waals surface area contributed by atoms with Crippen molar-refractivity contribution in [3.63, 3.8) is 0 Å². The quantitative estimate of drug-likeness (QED) is 0.727. The van der Waals surface area contributed by atoms with Gasteiger partial charge < -0.3 is 0 Å². The van der Waals surface area contributed by atoms with Crippen LogP contribution in [0.1, 0.15) is 17.5 Å². The zero-order chi connectivity index (χ0) is 18.9. The lowest BCUT2D eigenvalue weighted by Crippen LogP contribution is -2.31. The minimum atomic E-state index is -3.92.